The zero-order valence-electron chi connectivity index (χ0n) is 14.4. The number of rotatable bonds is 7. The first-order chi connectivity index (χ1) is 13.0. The van der Waals surface area contributed by atoms with Crippen molar-refractivity contribution in [2.45, 2.75) is 17.9 Å². The maximum Gasteiger partial charge on any atom is 0.246 e. The molecule has 3 rings (SSSR count). The van der Waals surface area contributed by atoms with Gasteiger partial charge in [-0.15, -0.1) is 0 Å². The van der Waals surface area contributed by atoms with Gasteiger partial charge in [-0.2, -0.15) is 4.31 Å². The summed E-state index contributed by atoms with van der Waals surface area (Å²) in [5.74, 6) is -1.94. The topological polar surface area (TPSA) is 50.3 Å². The highest BCUT2D eigenvalue weighted by molar-refractivity contribution is 7.89. The zero-order valence-corrected chi connectivity index (χ0v) is 15.2. The van der Waals surface area contributed by atoms with Crippen LogP contribution in [-0.2, 0) is 23.0 Å². The second-order valence-corrected chi connectivity index (χ2v) is 7.88. The normalized spacial score (nSPS) is 11.7. The summed E-state index contributed by atoms with van der Waals surface area (Å²) in [5.41, 5.74) is 1.50. The van der Waals surface area contributed by atoms with Crippen LogP contribution in [0.4, 0.5) is 8.78 Å². The smallest absolute Gasteiger partial charge is 0.246 e. The molecular weight excluding hydrogens is 370 g/mol. The van der Waals surface area contributed by atoms with Crippen molar-refractivity contribution in [1.82, 2.24) is 9.29 Å². The quantitative estimate of drug-likeness (QED) is 0.619. The highest BCUT2D eigenvalue weighted by atomic mass is 32.2. The molecule has 3 aromatic rings. The molecular formula is C20H18F2N2O2S. The standard InChI is InChI=1S/C20H18F2N2O2S/c21-17-9-10-20(19(22)14-17)27(25,26)24(15-18-8-4-5-12-23-18)13-11-16-6-2-1-3-7-16/h1-10,12,14H,11,13,15H2. The van der Waals surface area contributed by atoms with Crippen LogP contribution in [0.15, 0.2) is 77.8 Å². The molecule has 0 fully saturated rings. The summed E-state index contributed by atoms with van der Waals surface area (Å²) in [7, 11) is -4.17. The number of sulfonamides is 1. The Morgan fingerprint density at radius 1 is 0.926 bits per heavy atom. The molecule has 0 saturated carbocycles. The lowest BCUT2D eigenvalue weighted by Crippen LogP contribution is -2.33. The van der Waals surface area contributed by atoms with Crippen molar-refractivity contribution in [2.24, 2.45) is 0 Å². The molecule has 140 valence electrons. The largest absolute Gasteiger partial charge is 0.260 e. The average molecular weight is 388 g/mol. The first-order valence-corrected chi connectivity index (χ1v) is 9.80. The van der Waals surface area contributed by atoms with E-state index < -0.39 is 26.6 Å². The number of halogens is 2. The van der Waals surface area contributed by atoms with Crippen LogP contribution in [0.2, 0.25) is 0 Å². The molecule has 0 spiro atoms. The Morgan fingerprint density at radius 2 is 1.67 bits per heavy atom. The van der Waals surface area contributed by atoms with Gasteiger partial charge in [-0.3, -0.25) is 4.98 Å². The molecule has 0 aliphatic heterocycles. The summed E-state index contributed by atoms with van der Waals surface area (Å²) in [4.78, 5) is 3.61. The monoisotopic (exact) mass is 388 g/mol. The third kappa shape index (κ3) is 4.75. The molecule has 0 bridgehead atoms. The molecule has 0 aliphatic carbocycles. The van der Waals surface area contributed by atoms with Gasteiger partial charge in [0.1, 0.15) is 16.5 Å². The molecule has 4 nitrogen and oxygen atoms in total. The van der Waals surface area contributed by atoms with Gasteiger partial charge in [-0.05, 0) is 36.2 Å². The van der Waals surface area contributed by atoms with Crippen molar-refractivity contribution in [3.63, 3.8) is 0 Å². The van der Waals surface area contributed by atoms with Crippen LogP contribution in [-0.4, -0.2) is 24.3 Å². The Morgan fingerprint density at radius 3 is 2.33 bits per heavy atom. The van der Waals surface area contributed by atoms with Crippen LogP contribution in [0.3, 0.4) is 0 Å². The summed E-state index contributed by atoms with van der Waals surface area (Å²) in [6, 6.07) is 17.0. The fourth-order valence-corrected chi connectivity index (χ4v) is 4.14. The molecule has 0 atom stereocenters. The van der Waals surface area contributed by atoms with Gasteiger partial charge < -0.3 is 0 Å². The van der Waals surface area contributed by atoms with E-state index in [4.69, 9.17) is 0 Å². The van der Waals surface area contributed by atoms with E-state index >= 15 is 0 Å². The molecule has 1 heterocycles. The molecule has 0 amide bonds. The van der Waals surface area contributed by atoms with Crippen molar-refractivity contribution in [3.8, 4) is 0 Å². The predicted octanol–water partition coefficient (Wildman–Crippen LogP) is 3.79. The fraction of sp³-hybridized carbons (Fsp3) is 0.150. The number of hydrogen-bond donors (Lipinski definition) is 0. The summed E-state index contributed by atoms with van der Waals surface area (Å²) in [5, 5.41) is 0. The first kappa shape index (κ1) is 19.1. The van der Waals surface area contributed by atoms with E-state index in [2.05, 4.69) is 4.98 Å². The van der Waals surface area contributed by atoms with Crippen LogP contribution >= 0.6 is 0 Å². The highest BCUT2D eigenvalue weighted by Gasteiger charge is 2.28. The van der Waals surface area contributed by atoms with Gasteiger partial charge in [0.15, 0.2) is 0 Å². The minimum Gasteiger partial charge on any atom is -0.260 e. The van der Waals surface area contributed by atoms with Gasteiger partial charge in [-0.25, -0.2) is 17.2 Å². The lowest BCUT2D eigenvalue weighted by Gasteiger charge is -2.22. The Kier molecular flexibility index (Phi) is 5.93. The first-order valence-electron chi connectivity index (χ1n) is 8.36. The number of nitrogens with zero attached hydrogens (tertiary/aromatic N) is 2. The van der Waals surface area contributed by atoms with Crippen molar-refractivity contribution in [1.29, 1.82) is 0 Å². The van der Waals surface area contributed by atoms with Crippen LogP contribution in [0, 0.1) is 11.6 Å². The second kappa shape index (κ2) is 8.37. The van der Waals surface area contributed by atoms with Crippen LogP contribution in [0.25, 0.3) is 0 Å². The minimum absolute atomic E-state index is 0.00712. The maximum absolute atomic E-state index is 14.1. The van der Waals surface area contributed by atoms with Crippen LogP contribution in [0.5, 0.6) is 0 Å². The number of benzene rings is 2. The second-order valence-electron chi connectivity index (χ2n) is 5.97. The summed E-state index contributed by atoms with van der Waals surface area (Å²) < 4.78 is 54.6. The van der Waals surface area contributed by atoms with Gasteiger partial charge in [0.2, 0.25) is 10.0 Å². The predicted molar refractivity (Wildman–Crippen MR) is 98.3 cm³/mol. The van der Waals surface area contributed by atoms with Crippen molar-refractivity contribution in [2.75, 3.05) is 6.54 Å². The summed E-state index contributed by atoms with van der Waals surface area (Å²) in [6.07, 6.45) is 2.02. The molecule has 0 aliphatic rings. The number of pyridine rings is 1. The Balaban J connectivity index is 1.92. The molecule has 0 saturated heterocycles. The lowest BCUT2D eigenvalue weighted by atomic mass is 10.1. The Labute approximate surface area is 157 Å². The van der Waals surface area contributed by atoms with Crippen LogP contribution in [0.1, 0.15) is 11.3 Å². The summed E-state index contributed by atoms with van der Waals surface area (Å²) >= 11 is 0. The van der Waals surface area contributed by atoms with E-state index in [0.717, 1.165) is 17.7 Å². The summed E-state index contributed by atoms with van der Waals surface area (Å²) in [6.45, 7) is 0.132. The molecule has 2 aromatic carbocycles. The molecule has 1 aromatic heterocycles. The van der Waals surface area contributed by atoms with Crippen molar-refractivity contribution in [3.05, 3.63) is 95.8 Å². The maximum atomic E-state index is 14.1. The van der Waals surface area contributed by atoms with E-state index in [0.29, 0.717) is 18.2 Å². The third-order valence-corrected chi connectivity index (χ3v) is 5.95. The van der Waals surface area contributed by atoms with E-state index in [9.17, 15) is 17.2 Å². The number of aromatic nitrogens is 1. The molecule has 7 heteroatoms. The number of hydrogen-bond acceptors (Lipinski definition) is 3. The van der Waals surface area contributed by atoms with Crippen LogP contribution < -0.4 is 0 Å². The fourth-order valence-electron chi connectivity index (χ4n) is 2.68. The van der Waals surface area contributed by atoms with E-state index in [1.165, 1.54) is 4.31 Å². The van der Waals surface area contributed by atoms with Gasteiger partial charge >= 0.3 is 0 Å². The SMILES string of the molecule is O=S(=O)(c1ccc(F)cc1F)N(CCc1ccccc1)Cc1ccccn1. The van der Waals surface area contributed by atoms with Gasteiger partial charge in [0.25, 0.3) is 0 Å². The highest BCUT2D eigenvalue weighted by Crippen LogP contribution is 2.22. The zero-order chi connectivity index (χ0) is 19.3. The van der Waals surface area contributed by atoms with E-state index in [1.807, 2.05) is 30.3 Å². The van der Waals surface area contributed by atoms with Gasteiger partial charge in [0.05, 0.1) is 12.2 Å². The van der Waals surface area contributed by atoms with E-state index in [-0.39, 0.29) is 13.1 Å². The molecule has 27 heavy (non-hydrogen) atoms. The van der Waals surface area contributed by atoms with Crippen molar-refractivity contribution >= 4 is 10.0 Å². The van der Waals surface area contributed by atoms with Gasteiger partial charge in [-0.1, -0.05) is 36.4 Å². The minimum atomic E-state index is -4.17. The molecule has 0 radical (unpaired) electrons. The van der Waals surface area contributed by atoms with Crippen molar-refractivity contribution < 1.29 is 17.2 Å². The van der Waals surface area contributed by atoms with Gasteiger partial charge in [0, 0.05) is 18.8 Å². The molecule has 0 N–H and O–H groups in total. The average Bonchev–Trinajstić information content (AvgIpc) is 2.66. The Bertz CT molecular complexity index is 997. The molecule has 0 unspecified atom stereocenters. The lowest BCUT2D eigenvalue weighted by molar-refractivity contribution is 0.401. The third-order valence-electron chi connectivity index (χ3n) is 4.07. The Hall–Kier alpha value is -2.64. The van der Waals surface area contributed by atoms with E-state index in [1.54, 1.807) is 24.4 Å².